The molecule has 3 atom stereocenters. The minimum absolute atomic E-state index is 0.0319. The van der Waals surface area contributed by atoms with Gasteiger partial charge in [-0.25, -0.2) is 0 Å². The molecule has 4 nitrogen and oxygen atoms in total. The molecule has 0 bridgehead atoms. The second-order valence-corrected chi connectivity index (χ2v) is 7.99. The first-order valence-corrected chi connectivity index (χ1v) is 8.46. The number of amides is 1. The van der Waals surface area contributed by atoms with Gasteiger partial charge in [0.05, 0.1) is 6.61 Å². The molecule has 1 amide bonds. The fourth-order valence-corrected chi connectivity index (χ4v) is 4.23. The van der Waals surface area contributed by atoms with Gasteiger partial charge in [0.1, 0.15) is 0 Å². The number of hydrogen-bond acceptors (Lipinski definition) is 3. The van der Waals surface area contributed by atoms with Crippen LogP contribution in [-0.2, 0) is 4.79 Å². The number of nitrogens with one attached hydrogen (secondary N) is 1. The Morgan fingerprint density at radius 2 is 1.90 bits per heavy atom. The van der Waals surface area contributed by atoms with E-state index in [9.17, 15) is 9.90 Å². The van der Waals surface area contributed by atoms with E-state index in [4.69, 9.17) is 5.73 Å². The molecule has 2 rings (SSSR count). The number of aliphatic hydroxyl groups is 1. The summed E-state index contributed by atoms with van der Waals surface area (Å²) in [5, 5.41) is 12.8. The van der Waals surface area contributed by atoms with E-state index in [1.54, 1.807) is 0 Å². The number of carbonyl (C=O) groups is 1. The van der Waals surface area contributed by atoms with E-state index in [0.717, 1.165) is 38.5 Å². The lowest BCUT2D eigenvalue weighted by Gasteiger charge is -2.46. The van der Waals surface area contributed by atoms with Crippen LogP contribution in [0.4, 0.5) is 0 Å². The van der Waals surface area contributed by atoms with Crippen molar-refractivity contribution in [2.45, 2.75) is 65.3 Å². The molecule has 2 aliphatic rings. The number of hydrogen-bond donors (Lipinski definition) is 3. The highest BCUT2D eigenvalue weighted by molar-refractivity contribution is 5.79. The van der Waals surface area contributed by atoms with Crippen molar-refractivity contribution in [2.24, 2.45) is 28.4 Å². The van der Waals surface area contributed by atoms with E-state index in [0.29, 0.717) is 12.5 Å². The maximum absolute atomic E-state index is 12.6. The summed E-state index contributed by atoms with van der Waals surface area (Å²) in [5.41, 5.74) is 6.03. The highest BCUT2D eigenvalue weighted by atomic mass is 16.3. The summed E-state index contributed by atoms with van der Waals surface area (Å²) < 4.78 is 0. The quantitative estimate of drug-likeness (QED) is 0.743. The zero-order valence-electron chi connectivity index (χ0n) is 13.8. The third kappa shape index (κ3) is 3.26. The van der Waals surface area contributed by atoms with Crippen LogP contribution in [0.2, 0.25) is 0 Å². The first-order chi connectivity index (χ1) is 9.82. The van der Waals surface area contributed by atoms with Gasteiger partial charge in [-0.1, -0.05) is 33.6 Å². The summed E-state index contributed by atoms with van der Waals surface area (Å²) >= 11 is 0. The Labute approximate surface area is 128 Å². The lowest BCUT2D eigenvalue weighted by atomic mass is 9.61. The summed E-state index contributed by atoms with van der Waals surface area (Å²) in [6.07, 6.45) is 6.18. The molecule has 0 aromatic rings. The molecule has 2 saturated carbocycles. The van der Waals surface area contributed by atoms with E-state index in [2.05, 4.69) is 26.1 Å². The number of nitrogens with two attached hydrogens (primary N) is 1. The first kappa shape index (κ1) is 16.8. The molecule has 4 heteroatoms. The van der Waals surface area contributed by atoms with Crippen LogP contribution in [0.3, 0.4) is 0 Å². The topological polar surface area (TPSA) is 75.4 Å². The maximum atomic E-state index is 12.6. The van der Waals surface area contributed by atoms with Crippen molar-refractivity contribution in [3.63, 3.8) is 0 Å². The van der Waals surface area contributed by atoms with Gasteiger partial charge >= 0.3 is 0 Å². The largest absolute Gasteiger partial charge is 0.396 e. The van der Waals surface area contributed by atoms with Crippen LogP contribution in [0.5, 0.6) is 0 Å². The van der Waals surface area contributed by atoms with Crippen LogP contribution < -0.4 is 11.1 Å². The van der Waals surface area contributed by atoms with Crippen molar-refractivity contribution < 1.29 is 9.90 Å². The van der Waals surface area contributed by atoms with Gasteiger partial charge in [-0.05, 0) is 37.0 Å². The summed E-state index contributed by atoms with van der Waals surface area (Å²) in [6, 6.07) is 0.197. The van der Waals surface area contributed by atoms with Crippen molar-refractivity contribution in [1.29, 1.82) is 0 Å². The van der Waals surface area contributed by atoms with Gasteiger partial charge in [-0.15, -0.1) is 0 Å². The highest BCUT2D eigenvalue weighted by Crippen LogP contribution is 2.44. The Morgan fingerprint density at radius 3 is 2.48 bits per heavy atom. The summed E-state index contributed by atoms with van der Waals surface area (Å²) in [7, 11) is 0. The lowest BCUT2D eigenvalue weighted by molar-refractivity contribution is -0.133. The van der Waals surface area contributed by atoms with Crippen LogP contribution in [0, 0.1) is 22.7 Å². The molecule has 0 aromatic heterocycles. The normalized spacial score (nSPS) is 34.6. The summed E-state index contributed by atoms with van der Waals surface area (Å²) in [4.78, 5) is 12.6. The van der Waals surface area contributed by atoms with Gasteiger partial charge in [0.15, 0.2) is 0 Å². The van der Waals surface area contributed by atoms with Crippen molar-refractivity contribution in [2.75, 3.05) is 13.2 Å². The number of aliphatic hydroxyl groups excluding tert-OH is 1. The molecule has 4 N–H and O–H groups in total. The van der Waals surface area contributed by atoms with Gasteiger partial charge in [-0.2, -0.15) is 0 Å². The fraction of sp³-hybridized carbons (Fsp3) is 0.941. The summed E-state index contributed by atoms with van der Waals surface area (Å²) in [5.74, 6) is 0.531. The van der Waals surface area contributed by atoms with Crippen molar-refractivity contribution in [1.82, 2.24) is 5.32 Å². The zero-order chi connectivity index (χ0) is 15.7. The predicted molar refractivity (Wildman–Crippen MR) is 84.6 cm³/mol. The van der Waals surface area contributed by atoms with Gasteiger partial charge in [0, 0.05) is 23.9 Å². The molecule has 0 aromatic carbocycles. The van der Waals surface area contributed by atoms with Gasteiger partial charge in [0.25, 0.3) is 0 Å². The van der Waals surface area contributed by atoms with Gasteiger partial charge < -0.3 is 16.2 Å². The average Bonchev–Trinajstić information content (AvgIpc) is 2.92. The Bertz CT molecular complexity index is 375. The second-order valence-electron chi connectivity index (χ2n) is 7.99. The molecule has 0 radical (unpaired) electrons. The fourth-order valence-electron chi connectivity index (χ4n) is 4.23. The Balaban J connectivity index is 1.97. The molecule has 0 heterocycles. The molecule has 3 unspecified atom stereocenters. The molecule has 21 heavy (non-hydrogen) atoms. The molecule has 0 aliphatic heterocycles. The molecular formula is C17H32N2O2. The molecule has 122 valence electrons. The van der Waals surface area contributed by atoms with Crippen LogP contribution in [0.25, 0.3) is 0 Å². The lowest BCUT2D eigenvalue weighted by Crippen LogP contribution is -2.52. The SMILES string of the molecule is CC1C(N)CCC(C(=O)NCC2(CO)CCCC2)C1(C)C. The minimum atomic E-state index is -0.0729. The van der Waals surface area contributed by atoms with Crippen LogP contribution >= 0.6 is 0 Å². The van der Waals surface area contributed by atoms with E-state index < -0.39 is 0 Å². The Morgan fingerprint density at radius 1 is 1.29 bits per heavy atom. The average molecular weight is 296 g/mol. The monoisotopic (exact) mass is 296 g/mol. The highest BCUT2D eigenvalue weighted by Gasteiger charge is 2.45. The Kier molecular flexibility index (Phi) is 4.99. The predicted octanol–water partition coefficient (Wildman–Crippen LogP) is 2.05. The first-order valence-electron chi connectivity index (χ1n) is 8.46. The zero-order valence-corrected chi connectivity index (χ0v) is 13.8. The third-order valence-corrected chi connectivity index (χ3v) is 6.46. The van der Waals surface area contributed by atoms with Crippen LogP contribution in [0.15, 0.2) is 0 Å². The minimum Gasteiger partial charge on any atom is -0.396 e. The molecule has 0 spiro atoms. The van der Waals surface area contributed by atoms with E-state index in [1.165, 1.54) is 0 Å². The van der Waals surface area contributed by atoms with Gasteiger partial charge in [0.2, 0.25) is 5.91 Å². The van der Waals surface area contributed by atoms with Crippen molar-refractivity contribution in [3.8, 4) is 0 Å². The van der Waals surface area contributed by atoms with E-state index >= 15 is 0 Å². The molecule has 2 fully saturated rings. The van der Waals surface area contributed by atoms with E-state index in [1.807, 2.05) is 0 Å². The maximum Gasteiger partial charge on any atom is 0.223 e. The molecule has 2 aliphatic carbocycles. The van der Waals surface area contributed by atoms with Crippen molar-refractivity contribution in [3.05, 3.63) is 0 Å². The molecular weight excluding hydrogens is 264 g/mol. The van der Waals surface area contributed by atoms with Gasteiger partial charge in [-0.3, -0.25) is 4.79 Å². The summed E-state index contributed by atoms with van der Waals surface area (Å²) in [6.45, 7) is 7.30. The number of carbonyl (C=O) groups excluding carboxylic acids is 1. The Hall–Kier alpha value is -0.610. The second kappa shape index (κ2) is 6.25. The number of rotatable bonds is 4. The van der Waals surface area contributed by atoms with Crippen molar-refractivity contribution >= 4 is 5.91 Å². The van der Waals surface area contributed by atoms with E-state index in [-0.39, 0.29) is 35.3 Å². The molecule has 0 saturated heterocycles. The van der Waals surface area contributed by atoms with Crippen LogP contribution in [0.1, 0.15) is 59.3 Å². The standard InChI is InChI=1S/C17H32N2O2/c1-12-14(18)7-6-13(16(12,2)3)15(21)19-10-17(11-20)8-4-5-9-17/h12-14,20H,4-11,18H2,1-3H3,(H,19,21). The van der Waals surface area contributed by atoms with Crippen LogP contribution in [-0.4, -0.2) is 30.2 Å². The third-order valence-electron chi connectivity index (χ3n) is 6.46. The smallest absolute Gasteiger partial charge is 0.223 e.